The van der Waals surface area contributed by atoms with Crippen LogP contribution in [-0.2, 0) is 0 Å². The highest BCUT2D eigenvalue weighted by atomic mass is 16.1. The molecular weight excluding hydrogens is 460 g/mol. The van der Waals surface area contributed by atoms with Gasteiger partial charge in [-0.15, -0.1) is 0 Å². The third kappa shape index (κ3) is 6.83. The number of unbranched alkanes of at least 4 members (excludes halogenated alkanes) is 1. The molecule has 4 N–H and O–H groups in total. The number of hydrogen-bond acceptors (Lipinski definition) is 6. The number of carbonyl (C=O) groups excluding carboxylic acids is 1. The van der Waals surface area contributed by atoms with Crippen molar-refractivity contribution in [2.24, 2.45) is 0 Å². The van der Waals surface area contributed by atoms with Gasteiger partial charge in [-0.1, -0.05) is 38.1 Å². The van der Waals surface area contributed by atoms with E-state index >= 15 is 0 Å². The summed E-state index contributed by atoms with van der Waals surface area (Å²) in [5.74, 6) is 0.471. The number of fused-ring (bicyclic) bond motifs is 1. The van der Waals surface area contributed by atoms with Crippen molar-refractivity contribution >= 4 is 34.1 Å². The summed E-state index contributed by atoms with van der Waals surface area (Å²) in [4.78, 5) is 23.9. The number of nitrogens with zero attached hydrogens (tertiary/aromatic N) is 3. The van der Waals surface area contributed by atoms with Crippen molar-refractivity contribution < 1.29 is 4.79 Å². The molecule has 0 fully saturated rings. The summed E-state index contributed by atoms with van der Waals surface area (Å²) < 4.78 is 0. The monoisotopic (exact) mass is 496 g/mol. The lowest BCUT2D eigenvalue weighted by atomic mass is 10.0. The van der Waals surface area contributed by atoms with E-state index in [1.54, 1.807) is 6.20 Å². The van der Waals surface area contributed by atoms with Crippen LogP contribution in [-0.4, -0.2) is 48.0 Å². The molecule has 0 aliphatic heterocycles. The van der Waals surface area contributed by atoms with Crippen LogP contribution in [0, 0.1) is 0 Å². The van der Waals surface area contributed by atoms with Gasteiger partial charge in [0, 0.05) is 23.7 Å². The molecule has 4 rings (SSSR count). The minimum absolute atomic E-state index is 0.143. The molecule has 0 aliphatic carbocycles. The minimum atomic E-state index is -0.143. The van der Waals surface area contributed by atoms with E-state index in [1.165, 1.54) is 5.56 Å². The zero-order valence-electron chi connectivity index (χ0n) is 22.1. The molecule has 0 aliphatic rings. The van der Waals surface area contributed by atoms with Gasteiger partial charge in [-0.3, -0.25) is 4.79 Å². The second kappa shape index (κ2) is 11.8. The highest BCUT2D eigenvalue weighted by molar-refractivity contribution is 6.06. The van der Waals surface area contributed by atoms with Crippen molar-refractivity contribution in [2.45, 2.75) is 32.6 Å². The van der Waals surface area contributed by atoms with Crippen molar-refractivity contribution in [3.8, 4) is 11.1 Å². The topological polar surface area (TPSA) is 96.2 Å². The van der Waals surface area contributed by atoms with Crippen molar-refractivity contribution in [3.63, 3.8) is 0 Å². The summed E-state index contributed by atoms with van der Waals surface area (Å²) >= 11 is 0. The van der Waals surface area contributed by atoms with Crippen LogP contribution in [0.25, 0.3) is 22.0 Å². The lowest BCUT2D eigenvalue weighted by Crippen LogP contribution is -2.16. The third-order valence-electron chi connectivity index (χ3n) is 6.36. The van der Waals surface area contributed by atoms with Gasteiger partial charge in [-0.05, 0) is 92.5 Å². The molecule has 3 aromatic carbocycles. The number of carbonyl (C=O) groups is 1. The first-order chi connectivity index (χ1) is 17.8. The van der Waals surface area contributed by atoms with Gasteiger partial charge in [-0.2, -0.15) is 0 Å². The molecule has 0 saturated carbocycles. The molecule has 0 saturated heterocycles. The van der Waals surface area contributed by atoms with E-state index in [4.69, 9.17) is 5.73 Å². The highest BCUT2D eigenvalue weighted by Gasteiger charge is 2.13. The molecule has 37 heavy (non-hydrogen) atoms. The first-order valence-corrected chi connectivity index (χ1v) is 12.8. The fourth-order valence-corrected chi connectivity index (χ4v) is 4.22. The standard InChI is InChI=1S/C30H36N6O/c1-20(2)21-10-13-27(32-14-5-6-15-36(3)4)28(18-21)34-29(37)24-9-7-8-22(16-24)23-11-12-26-25(17-23)19-33-30(31)35-26/h7-13,16-20,32H,5-6,14-15H2,1-4H3,(H,34,37)(H2,31,33,35). The molecule has 0 spiro atoms. The molecule has 1 aromatic heterocycles. The lowest BCUT2D eigenvalue weighted by Gasteiger charge is -2.17. The summed E-state index contributed by atoms with van der Waals surface area (Å²) in [6.45, 7) is 6.22. The predicted octanol–water partition coefficient (Wildman–Crippen LogP) is 6.01. The molecule has 1 amide bonds. The number of hydrogen-bond donors (Lipinski definition) is 3. The number of anilines is 3. The van der Waals surface area contributed by atoms with Crippen molar-refractivity contribution in [1.29, 1.82) is 0 Å². The molecule has 7 heteroatoms. The molecule has 0 bridgehead atoms. The number of rotatable bonds is 10. The quantitative estimate of drug-likeness (QED) is 0.233. The SMILES string of the molecule is CC(C)c1ccc(NCCCCN(C)C)c(NC(=O)c2cccc(-c3ccc4nc(N)ncc4c3)c2)c1. The molecule has 7 nitrogen and oxygen atoms in total. The maximum absolute atomic E-state index is 13.4. The van der Waals surface area contributed by atoms with Gasteiger partial charge in [0.2, 0.25) is 5.95 Å². The zero-order valence-corrected chi connectivity index (χ0v) is 22.1. The van der Waals surface area contributed by atoms with Crippen LogP contribution in [0.2, 0.25) is 0 Å². The summed E-state index contributed by atoms with van der Waals surface area (Å²) in [5, 5.41) is 7.56. The number of amides is 1. The van der Waals surface area contributed by atoms with Crippen LogP contribution in [0.4, 0.5) is 17.3 Å². The normalized spacial score (nSPS) is 11.3. The van der Waals surface area contributed by atoms with Crippen LogP contribution in [0.5, 0.6) is 0 Å². The van der Waals surface area contributed by atoms with E-state index < -0.39 is 0 Å². The van der Waals surface area contributed by atoms with Crippen molar-refractivity contribution in [3.05, 3.63) is 78.0 Å². The lowest BCUT2D eigenvalue weighted by molar-refractivity contribution is 0.102. The second-order valence-corrected chi connectivity index (χ2v) is 9.93. The van der Waals surface area contributed by atoms with Gasteiger partial charge in [0.25, 0.3) is 5.91 Å². The van der Waals surface area contributed by atoms with Gasteiger partial charge < -0.3 is 21.3 Å². The molecule has 0 radical (unpaired) electrons. The molecular formula is C30H36N6O. The van der Waals surface area contributed by atoms with Gasteiger partial charge in [0.05, 0.1) is 16.9 Å². The number of benzene rings is 3. The van der Waals surface area contributed by atoms with Gasteiger partial charge in [0.1, 0.15) is 0 Å². The summed E-state index contributed by atoms with van der Waals surface area (Å²) in [7, 11) is 4.18. The van der Waals surface area contributed by atoms with Gasteiger partial charge in [-0.25, -0.2) is 9.97 Å². The first-order valence-electron chi connectivity index (χ1n) is 12.8. The molecule has 4 aromatic rings. The van der Waals surface area contributed by atoms with E-state index in [1.807, 2.05) is 42.5 Å². The van der Waals surface area contributed by atoms with Gasteiger partial charge in [0.15, 0.2) is 0 Å². The average Bonchev–Trinajstić information content (AvgIpc) is 2.88. The van der Waals surface area contributed by atoms with Crippen LogP contribution in [0.15, 0.2) is 66.9 Å². The van der Waals surface area contributed by atoms with Crippen molar-refractivity contribution in [2.75, 3.05) is 43.6 Å². The van der Waals surface area contributed by atoms with Crippen LogP contribution < -0.4 is 16.4 Å². The van der Waals surface area contributed by atoms with E-state index in [9.17, 15) is 4.79 Å². The molecule has 1 heterocycles. The molecule has 0 atom stereocenters. The Morgan fingerprint density at radius 1 is 0.973 bits per heavy atom. The number of nitrogens with one attached hydrogen (secondary N) is 2. The summed E-state index contributed by atoms with van der Waals surface area (Å²) in [6, 6.07) is 19.8. The Morgan fingerprint density at radius 3 is 2.57 bits per heavy atom. The zero-order chi connectivity index (χ0) is 26.4. The molecule has 192 valence electrons. The van der Waals surface area contributed by atoms with Crippen LogP contribution >= 0.6 is 0 Å². The summed E-state index contributed by atoms with van der Waals surface area (Å²) in [5.41, 5.74) is 11.9. The van der Waals surface area contributed by atoms with Gasteiger partial charge >= 0.3 is 0 Å². The Labute approximate surface area is 219 Å². The Kier molecular flexibility index (Phi) is 8.36. The Balaban J connectivity index is 1.53. The number of nitrogens with two attached hydrogens (primary N) is 1. The van der Waals surface area contributed by atoms with E-state index in [-0.39, 0.29) is 11.9 Å². The Morgan fingerprint density at radius 2 is 1.78 bits per heavy atom. The van der Waals surface area contributed by atoms with Crippen LogP contribution in [0.3, 0.4) is 0 Å². The maximum Gasteiger partial charge on any atom is 0.255 e. The first kappa shape index (κ1) is 26.1. The highest BCUT2D eigenvalue weighted by Crippen LogP contribution is 2.29. The maximum atomic E-state index is 13.4. The number of nitrogen functional groups attached to an aromatic ring is 1. The molecule has 0 unspecified atom stereocenters. The predicted molar refractivity (Wildman–Crippen MR) is 154 cm³/mol. The Bertz CT molecular complexity index is 1380. The smallest absolute Gasteiger partial charge is 0.255 e. The summed E-state index contributed by atoms with van der Waals surface area (Å²) in [6.07, 6.45) is 3.89. The van der Waals surface area contributed by atoms with Crippen LogP contribution in [0.1, 0.15) is 48.5 Å². The van der Waals surface area contributed by atoms with E-state index in [2.05, 4.69) is 71.6 Å². The number of aromatic nitrogens is 2. The second-order valence-electron chi connectivity index (χ2n) is 9.93. The van der Waals surface area contributed by atoms with E-state index in [0.29, 0.717) is 11.5 Å². The Hall–Kier alpha value is -3.97. The third-order valence-corrected chi connectivity index (χ3v) is 6.36. The average molecular weight is 497 g/mol. The fraction of sp³-hybridized carbons (Fsp3) is 0.300. The van der Waals surface area contributed by atoms with E-state index in [0.717, 1.165) is 59.3 Å². The van der Waals surface area contributed by atoms with Crippen molar-refractivity contribution in [1.82, 2.24) is 14.9 Å². The minimum Gasteiger partial charge on any atom is -0.383 e. The largest absolute Gasteiger partial charge is 0.383 e. The fourth-order valence-electron chi connectivity index (χ4n) is 4.22.